The Balaban J connectivity index is 1.44. The van der Waals surface area contributed by atoms with Gasteiger partial charge in [0.15, 0.2) is 0 Å². The third-order valence-electron chi connectivity index (χ3n) is 5.50. The maximum absolute atomic E-state index is 12.5. The Hall–Kier alpha value is -3.07. The molecule has 0 aliphatic carbocycles. The lowest BCUT2D eigenvalue weighted by Crippen LogP contribution is -2.46. The Bertz CT molecular complexity index is 995. The van der Waals surface area contributed by atoms with E-state index in [0.29, 0.717) is 17.2 Å². The number of aromatic nitrogens is 3. The van der Waals surface area contributed by atoms with E-state index in [1.165, 1.54) is 0 Å². The van der Waals surface area contributed by atoms with Gasteiger partial charge in [0.2, 0.25) is 0 Å². The number of nitrogens with zero attached hydrogens (tertiary/aromatic N) is 4. The molecule has 1 saturated heterocycles. The lowest BCUT2D eigenvalue weighted by molar-refractivity contribution is -0.0943. The summed E-state index contributed by atoms with van der Waals surface area (Å²) in [5.74, 6) is -0.518. The Morgan fingerprint density at radius 2 is 1.87 bits per heavy atom. The largest absolute Gasteiger partial charge is 0.390 e. The molecule has 0 unspecified atom stereocenters. The van der Waals surface area contributed by atoms with Crippen molar-refractivity contribution in [2.24, 2.45) is 5.41 Å². The smallest absolute Gasteiger partial charge is 0.277 e. The number of carbonyl (C=O) groups is 1. The minimum absolute atomic E-state index is 0.0543. The van der Waals surface area contributed by atoms with Crippen molar-refractivity contribution < 1.29 is 19.8 Å². The third kappa shape index (κ3) is 3.97. The molecule has 1 aromatic heterocycles. The zero-order valence-electron chi connectivity index (χ0n) is 16.6. The molecule has 0 saturated carbocycles. The second-order valence-corrected chi connectivity index (χ2v) is 7.84. The molecule has 8 nitrogen and oxygen atoms in total. The van der Waals surface area contributed by atoms with E-state index >= 15 is 0 Å². The van der Waals surface area contributed by atoms with E-state index < -0.39 is 23.5 Å². The number of amides is 1. The van der Waals surface area contributed by atoms with Crippen LogP contribution in [0.5, 0.6) is 0 Å². The molecule has 3 atom stereocenters. The molecule has 2 N–H and O–H groups in total. The maximum Gasteiger partial charge on any atom is 0.277 e. The summed E-state index contributed by atoms with van der Waals surface area (Å²) >= 11 is 0. The first-order chi connectivity index (χ1) is 14.5. The van der Waals surface area contributed by atoms with Gasteiger partial charge in [-0.1, -0.05) is 60.7 Å². The van der Waals surface area contributed by atoms with Crippen molar-refractivity contribution in [1.82, 2.24) is 20.1 Å². The molecule has 2 aromatic carbocycles. The highest BCUT2D eigenvalue weighted by Gasteiger charge is 2.47. The van der Waals surface area contributed by atoms with Gasteiger partial charge in [0, 0.05) is 16.5 Å². The van der Waals surface area contributed by atoms with Crippen molar-refractivity contribution in [2.45, 2.75) is 25.7 Å². The van der Waals surface area contributed by atoms with Gasteiger partial charge in [0.1, 0.15) is 6.10 Å². The Morgan fingerprint density at radius 3 is 2.57 bits per heavy atom. The van der Waals surface area contributed by atoms with Gasteiger partial charge in [-0.2, -0.15) is 0 Å². The normalized spacial score (nSPS) is 23.4. The number of benzene rings is 2. The summed E-state index contributed by atoms with van der Waals surface area (Å²) in [6, 6.07) is 18.3. The monoisotopic (exact) mass is 408 g/mol. The number of hydrogen-bond acceptors (Lipinski definition) is 6. The fourth-order valence-electron chi connectivity index (χ4n) is 3.75. The summed E-state index contributed by atoms with van der Waals surface area (Å²) in [6.45, 7) is 2.24. The van der Waals surface area contributed by atoms with Gasteiger partial charge in [0.05, 0.1) is 37.7 Å². The highest BCUT2D eigenvalue weighted by molar-refractivity contribution is 5.93. The number of ether oxygens (including phenoxy) is 1. The summed E-state index contributed by atoms with van der Waals surface area (Å²) in [6.07, 6.45) is 0.229. The van der Waals surface area contributed by atoms with E-state index in [9.17, 15) is 15.1 Å². The molecule has 0 spiro atoms. The molecule has 1 aliphatic rings. The van der Waals surface area contributed by atoms with Crippen molar-refractivity contribution in [2.75, 3.05) is 13.2 Å². The van der Waals surface area contributed by atoms with Crippen LogP contribution in [0.2, 0.25) is 0 Å². The van der Waals surface area contributed by atoms with Crippen LogP contribution in [0.3, 0.4) is 0 Å². The van der Waals surface area contributed by atoms with Crippen molar-refractivity contribution in [3.8, 4) is 11.3 Å². The van der Waals surface area contributed by atoms with Gasteiger partial charge in [-0.25, -0.2) is 9.75 Å². The topological polar surface area (TPSA) is 101 Å². The second-order valence-electron chi connectivity index (χ2n) is 7.84. The van der Waals surface area contributed by atoms with E-state index in [1.807, 2.05) is 30.3 Å². The molecular formula is C22H24N4O4. The first-order valence-electron chi connectivity index (χ1n) is 9.77. The molecule has 4 rings (SSSR count). The van der Waals surface area contributed by atoms with Gasteiger partial charge in [-0.05, 0) is 12.1 Å². The van der Waals surface area contributed by atoms with Gasteiger partial charge >= 0.3 is 0 Å². The molecule has 0 radical (unpaired) electrons. The molecule has 2 heterocycles. The lowest BCUT2D eigenvalue weighted by atomic mass is 9.84. The van der Waals surface area contributed by atoms with Crippen molar-refractivity contribution in [3.05, 3.63) is 72.4 Å². The highest BCUT2D eigenvalue weighted by atomic mass is 16.5. The fraction of sp³-hybridized carbons (Fsp3) is 0.318. The number of aliphatic hydroxyl groups excluding tert-OH is 1. The summed E-state index contributed by atoms with van der Waals surface area (Å²) in [7, 11) is 0. The second kappa shape index (κ2) is 8.35. The van der Waals surface area contributed by atoms with Crippen LogP contribution in [0.15, 0.2) is 66.9 Å². The molecule has 1 amide bonds. The molecule has 30 heavy (non-hydrogen) atoms. The summed E-state index contributed by atoms with van der Waals surface area (Å²) in [5, 5.41) is 30.0. The SMILES string of the molecule is C[C@@]1(CN(O)C(=O)c2ccccc2)CO[C@H](Cn2nncc2-c2ccccc2)[C@H]1O. The van der Waals surface area contributed by atoms with E-state index in [2.05, 4.69) is 10.3 Å². The van der Waals surface area contributed by atoms with Crippen LogP contribution in [0.25, 0.3) is 11.3 Å². The number of carbonyl (C=O) groups excluding carboxylic acids is 1. The standard InChI is InChI=1S/C22H24N4O4/c1-22(14-26(29)21(28)17-10-6-3-7-11-17)15-30-19(20(22)27)13-25-18(12-23-24-25)16-8-4-2-5-9-16/h2-12,19-20,27,29H,13-15H2,1H3/t19-,20-,22-/m1/s1. The van der Waals surface area contributed by atoms with Crippen LogP contribution in [-0.2, 0) is 11.3 Å². The van der Waals surface area contributed by atoms with Crippen LogP contribution in [0, 0.1) is 5.41 Å². The number of hydroxylamine groups is 2. The predicted molar refractivity (Wildman–Crippen MR) is 109 cm³/mol. The van der Waals surface area contributed by atoms with E-state index in [-0.39, 0.29) is 13.2 Å². The molecule has 0 bridgehead atoms. The fourth-order valence-corrected chi connectivity index (χ4v) is 3.75. The van der Waals surface area contributed by atoms with Crippen molar-refractivity contribution in [3.63, 3.8) is 0 Å². The molecule has 8 heteroatoms. The van der Waals surface area contributed by atoms with E-state index in [1.54, 1.807) is 48.1 Å². The first-order valence-corrected chi connectivity index (χ1v) is 9.77. The summed E-state index contributed by atoms with van der Waals surface area (Å²) in [5.41, 5.74) is 1.34. The van der Waals surface area contributed by atoms with E-state index in [4.69, 9.17) is 4.74 Å². The van der Waals surface area contributed by atoms with Crippen molar-refractivity contribution in [1.29, 1.82) is 0 Å². The van der Waals surface area contributed by atoms with Crippen molar-refractivity contribution >= 4 is 5.91 Å². The van der Waals surface area contributed by atoms with Crippen LogP contribution >= 0.6 is 0 Å². The van der Waals surface area contributed by atoms with Gasteiger partial charge in [-0.15, -0.1) is 5.10 Å². The van der Waals surface area contributed by atoms with Crippen LogP contribution in [0.1, 0.15) is 17.3 Å². The van der Waals surface area contributed by atoms with Crippen LogP contribution in [0.4, 0.5) is 0 Å². The molecule has 1 aliphatic heterocycles. The average molecular weight is 408 g/mol. The zero-order valence-corrected chi connectivity index (χ0v) is 16.6. The number of rotatable bonds is 6. The lowest BCUT2D eigenvalue weighted by Gasteiger charge is -2.31. The van der Waals surface area contributed by atoms with Gasteiger partial charge < -0.3 is 9.84 Å². The van der Waals surface area contributed by atoms with Crippen LogP contribution < -0.4 is 0 Å². The molecule has 3 aromatic rings. The molecular weight excluding hydrogens is 384 g/mol. The van der Waals surface area contributed by atoms with E-state index in [0.717, 1.165) is 11.3 Å². The highest BCUT2D eigenvalue weighted by Crippen LogP contribution is 2.35. The zero-order chi connectivity index (χ0) is 21.1. The Labute approximate surface area is 174 Å². The minimum atomic E-state index is -0.899. The Morgan fingerprint density at radius 1 is 1.20 bits per heavy atom. The summed E-state index contributed by atoms with van der Waals surface area (Å²) < 4.78 is 7.54. The third-order valence-corrected chi connectivity index (χ3v) is 5.50. The summed E-state index contributed by atoms with van der Waals surface area (Å²) in [4.78, 5) is 12.5. The van der Waals surface area contributed by atoms with Gasteiger partial charge in [-0.3, -0.25) is 10.0 Å². The molecule has 1 fully saturated rings. The number of aliphatic hydroxyl groups is 1. The number of hydrogen-bond donors (Lipinski definition) is 2. The quantitative estimate of drug-likeness (QED) is 0.479. The Kier molecular flexibility index (Phi) is 5.63. The average Bonchev–Trinajstić information content (AvgIpc) is 3.35. The van der Waals surface area contributed by atoms with Crippen LogP contribution in [-0.4, -0.2) is 61.6 Å². The van der Waals surface area contributed by atoms with Gasteiger partial charge in [0.25, 0.3) is 5.91 Å². The first kappa shape index (κ1) is 20.2. The minimum Gasteiger partial charge on any atom is -0.390 e. The predicted octanol–water partition coefficient (Wildman–Crippen LogP) is 2.24. The molecule has 156 valence electrons. The maximum atomic E-state index is 12.5.